The summed E-state index contributed by atoms with van der Waals surface area (Å²) in [5, 5.41) is 0. The van der Waals surface area contributed by atoms with Gasteiger partial charge in [-0.3, -0.25) is 4.90 Å². The van der Waals surface area contributed by atoms with Gasteiger partial charge in [0.2, 0.25) is 0 Å². The molecule has 1 heterocycles. The maximum absolute atomic E-state index is 6.26. The molecule has 2 rings (SSSR count). The van der Waals surface area contributed by atoms with Gasteiger partial charge in [0.15, 0.2) is 0 Å². The van der Waals surface area contributed by atoms with E-state index in [0.29, 0.717) is 11.0 Å². The Morgan fingerprint density at radius 3 is 2.05 bits per heavy atom. The van der Waals surface area contributed by atoms with E-state index in [-0.39, 0.29) is 0 Å². The highest BCUT2D eigenvalue weighted by Gasteiger charge is 2.42. The van der Waals surface area contributed by atoms with Gasteiger partial charge in [0.25, 0.3) is 0 Å². The molecule has 2 aliphatic rings. The lowest BCUT2D eigenvalue weighted by Crippen LogP contribution is -2.61. The van der Waals surface area contributed by atoms with E-state index < -0.39 is 0 Å². The van der Waals surface area contributed by atoms with Crippen molar-refractivity contribution in [3.63, 3.8) is 0 Å². The van der Waals surface area contributed by atoms with E-state index in [9.17, 15) is 0 Å². The maximum atomic E-state index is 6.26. The van der Waals surface area contributed by atoms with Crippen molar-refractivity contribution in [3.8, 4) is 0 Å². The lowest BCUT2D eigenvalue weighted by molar-refractivity contribution is -0.00892. The van der Waals surface area contributed by atoms with Crippen molar-refractivity contribution in [3.05, 3.63) is 0 Å². The SMILES string of the molecule is CCCN1CCN(C2(CN)CCC(C(C)(C)C)CC2)CC1. The second-order valence-electron chi connectivity index (χ2n) is 8.40. The Labute approximate surface area is 132 Å². The Balaban J connectivity index is 1.92. The molecule has 1 aliphatic heterocycles. The second-order valence-corrected chi connectivity index (χ2v) is 8.40. The van der Waals surface area contributed by atoms with Gasteiger partial charge in [-0.1, -0.05) is 27.7 Å². The normalized spacial score (nSPS) is 33.3. The monoisotopic (exact) mass is 295 g/mol. The summed E-state index contributed by atoms with van der Waals surface area (Å²) in [5.74, 6) is 0.874. The first-order valence-electron chi connectivity index (χ1n) is 9.09. The summed E-state index contributed by atoms with van der Waals surface area (Å²) in [4.78, 5) is 5.35. The van der Waals surface area contributed by atoms with Crippen LogP contribution >= 0.6 is 0 Å². The molecule has 0 aromatic rings. The fourth-order valence-electron chi connectivity index (χ4n) is 4.43. The van der Waals surface area contributed by atoms with Crippen LogP contribution < -0.4 is 5.73 Å². The minimum atomic E-state index is 0.306. The summed E-state index contributed by atoms with van der Waals surface area (Å²) in [6, 6.07) is 0. The average molecular weight is 296 g/mol. The molecule has 1 aliphatic carbocycles. The van der Waals surface area contributed by atoms with Crippen molar-refractivity contribution in [2.45, 2.75) is 65.3 Å². The quantitative estimate of drug-likeness (QED) is 0.865. The fourth-order valence-corrected chi connectivity index (χ4v) is 4.43. The van der Waals surface area contributed by atoms with E-state index in [1.807, 2.05) is 0 Å². The third-order valence-corrected chi connectivity index (χ3v) is 6.10. The molecule has 1 saturated carbocycles. The Hall–Kier alpha value is -0.120. The van der Waals surface area contributed by atoms with Crippen LogP contribution in [0.25, 0.3) is 0 Å². The summed E-state index contributed by atoms with van der Waals surface area (Å²) in [6.07, 6.45) is 6.60. The molecule has 3 heteroatoms. The topological polar surface area (TPSA) is 32.5 Å². The molecule has 2 fully saturated rings. The second kappa shape index (κ2) is 6.97. The molecule has 0 radical (unpaired) electrons. The minimum absolute atomic E-state index is 0.306. The highest BCUT2D eigenvalue weighted by Crippen LogP contribution is 2.43. The van der Waals surface area contributed by atoms with Gasteiger partial charge in [-0.25, -0.2) is 0 Å². The molecule has 0 unspecified atom stereocenters. The Morgan fingerprint density at radius 1 is 1.05 bits per heavy atom. The van der Waals surface area contributed by atoms with Gasteiger partial charge in [0, 0.05) is 38.3 Å². The molecule has 0 spiro atoms. The lowest BCUT2D eigenvalue weighted by Gasteiger charge is -2.52. The standard InChI is InChI=1S/C18H37N3/c1-5-10-20-11-13-21(14-12-20)18(15-19)8-6-16(7-9-18)17(2,3)4/h16H,5-15,19H2,1-4H3. The largest absolute Gasteiger partial charge is 0.329 e. The zero-order valence-electron chi connectivity index (χ0n) is 14.8. The molecular formula is C18H37N3. The van der Waals surface area contributed by atoms with Crippen LogP contribution in [0.4, 0.5) is 0 Å². The zero-order valence-corrected chi connectivity index (χ0v) is 14.8. The highest BCUT2D eigenvalue weighted by molar-refractivity contribution is 4.99. The molecule has 21 heavy (non-hydrogen) atoms. The Bertz CT molecular complexity index is 305. The van der Waals surface area contributed by atoms with Crippen LogP contribution in [0.3, 0.4) is 0 Å². The molecule has 3 nitrogen and oxygen atoms in total. The summed E-state index contributed by atoms with van der Waals surface area (Å²) < 4.78 is 0. The first-order valence-corrected chi connectivity index (χ1v) is 9.09. The number of hydrogen-bond donors (Lipinski definition) is 1. The van der Waals surface area contributed by atoms with Gasteiger partial charge < -0.3 is 10.6 Å². The van der Waals surface area contributed by atoms with Crippen molar-refractivity contribution in [2.75, 3.05) is 39.3 Å². The molecular weight excluding hydrogens is 258 g/mol. The van der Waals surface area contributed by atoms with Crippen LogP contribution in [0.5, 0.6) is 0 Å². The van der Waals surface area contributed by atoms with E-state index in [4.69, 9.17) is 5.73 Å². The Kier molecular flexibility index (Phi) is 5.72. The smallest absolute Gasteiger partial charge is 0.0333 e. The molecule has 0 amide bonds. The average Bonchev–Trinajstić information content (AvgIpc) is 2.47. The van der Waals surface area contributed by atoms with Crippen molar-refractivity contribution < 1.29 is 0 Å². The van der Waals surface area contributed by atoms with E-state index in [0.717, 1.165) is 12.5 Å². The van der Waals surface area contributed by atoms with Crippen LogP contribution in [0.15, 0.2) is 0 Å². The van der Waals surface area contributed by atoms with Gasteiger partial charge in [-0.05, 0) is 50.0 Å². The van der Waals surface area contributed by atoms with Crippen molar-refractivity contribution >= 4 is 0 Å². The first-order chi connectivity index (χ1) is 9.91. The summed E-state index contributed by atoms with van der Waals surface area (Å²) in [7, 11) is 0. The van der Waals surface area contributed by atoms with Gasteiger partial charge in [0.05, 0.1) is 0 Å². The molecule has 0 bridgehead atoms. The van der Waals surface area contributed by atoms with Crippen molar-refractivity contribution in [1.29, 1.82) is 0 Å². The van der Waals surface area contributed by atoms with Gasteiger partial charge in [-0.15, -0.1) is 0 Å². The molecule has 0 aromatic carbocycles. The summed E-state index contributed by atoms with van der Waals surface area (Å²) >= 11 is 0. The van der Waals surface area contributed by atoms with Crippen molar-refractivity contribution in [1.82, 2.24) is 9.80 Å². The van der Waals surface area contributed by atoms with Gasteiger partial charge in [0.1, 0.15) is 0 Å². The number of piperazine rings is 1. The summed E-state index contributed by atoms with van der Waals surface area (Å²) in [6.45, 7) is 16.5. The zero-order chi connectivity index (χ0) is 15.5. The molecule has 0 atom stereocenters. The number of nitrogens with two attached hydrogens (primary N) is 1. The minimum Gasteiger partial charge on any atom is -0.329 e. The molecule has 0 aromatic heterocycles. The van der Waals surface area contributed by atoms with Crippen molar-refractivity contribution in [2.24, 2.45) is 17.1 Å². The summed E-state index contributed by atoms with van der Waals surface area (Å²) in [5.41, 5.74) is 7.03. The van der Waals surface area contributed by atoms with E-state index >= 15 is 0 Å². The van der Waals surface area contributed by atoms with Crippen LogP contribution in [0, 0.1) is 11.3 Å². The number of nitrogens with zero attached hydrogens (tertiary/aromatic N) is 2. The van der Waals surface area contributed by atoms with Crippen LogP contribution in [-0.4, -0.2) is 54.6 Å². The van der Waals surface area contributed by atoms with E-state index in [2.05, 4.69) is 37.5 Å². The fraction of sp³-hybridized carbons (Fsp3) is 1.00. The molecule has 2 N–H and O–H groups in total. The third kappa shape index (κ3) is 4.00. The van der Waals surface area contributed by atoms with Gasteiger partial charge in [-0.2, -0.15) is 0 Å². The van der Waals surface area contributed by atoms with Crippen LogP contribution in [0.2, 0.25) is 0 Å². The highest BCUT2D eigenvalue weighted by atomic mass is 15.3. The maximum Gasteiger partial charge on any atom is 0.0333 e. The first kappa shape index (κ1) is 17.2. The molecule has 124 valence electrons. The van der Waals surface area contributed by atoms with Crippen LogP contribution in [-0.2, 0) is 0 Å². The van der Waals surface area contributed by atoms with E-state index in [1.165, 1.54) is 64.8 Å². The Morgan fingerprint density at radius 2 is 1.62 bits per heavy atom. The lowest BCUT2D eigenvalue weighted by atomic mass is 9.66. The third-order valence-electron chi connectivity index (χ3n) is 6.10. The number of rotatable bonds is 4. The predicted octanol–water partition coefficient (Wildman–Crippen LogP) is 2.95. The molecule has 1 saturated heterocycles. The predicted molar refractivity (Wildman–Crippen MR) is 91.5 cm³/mol. The number of hydrogen-bond acceptors (Lipinski definition) is 3. The van der Waals surface area contributed by atoms with Crippen LogP contribution in [0.1, 0.15) is 59.8 Å². The van der Waals surface area contributed by atoms with E-state index in [1.54, 1.807) is 0 Å². The van der Waals surface area contributed by atoms with Gasteiger partial charge >= 0.3 is 0 Å².